The fourth-order valence-electron chi connectivity index (χ4n) is 2.57. The molecule has 0 bridgehead atoms. The van der Waals surface area contributed by atoms with Crippen LogP contribution >= 0.6 is 0 Å². The number of hydrogen-bond donors (Lipinski definition) is 0. The molecular formula is C15H17F4NO2. The monoisotopic (exact) mass is 319 g/mol. The number of nitrogens with zero attached hydrogens (tertiary/aromatic N) is 1. The van der Waals surface area contributed by atoms with Gasteiger partial charge < -0.3 is 4.74 Å². The summed E-state index contributed by atoms with van der Waals surface area (Å²) in [5.41, 5.74) is -0.749. The topological polar surface area (TPSA) is 29.5 Å². The van der Waals surface area contributed by atoms with Crippen LogP contribution in [-0.2, 0) is 22.3 Å². The molecule has 0 amide bonds. The average Bonchev–Trinajstić information content (AvgIpc) is 2.39. The zero-order valence-corrected chi connectivity index (χ0v) is 12.1. The summed E-state index contributed by atoms with van der Waals surface area (Å²) in [7, 11) is 0. The number of hydrogen-bond acceptors (Lipinski definition) is 3. The van der Waals surface area contributed by atoms with Crippen molar-refractivity contribution in [2.75, 3.05) is 13.1 Å². The van der Waals surface area contributed by atoms with Crippen molar-refractivity contribution in [3.8, 4) is 0 Å². The van der Waals surface area contributed by atoms with Crippen molar-refractivity contribution in [3.63, 3.8) is 0 Å². The molecule has 1 aromatic rings. The van der Waals surface area contributed by atoms with E-state index in [4.69, 9.17) is 4.74 Å². The van der Waals surface area contributed by atoms with Gasteiger partial charge in [-0.2, -0.15) is 13.2 Å². The number of ether oxygens (including phenoxy) is 1. The minimum Gasteiger partial charge on any atom is -0.462 e. The highest BCUT2D eigenvalue weighted by molar-refractivity contribution is 5.66. The molecule has 22 heavy (non-hydrogen) atoms. The van der Waals surface area contributed by atoms with Crippen LogP contribution in [-0.4, -0.2) is 30.1 Å². The molecule has 2 rings (SSSR count). The van der Waals surface area contributed by atoms with Gasteiger partial charge in [-0.15, -0.1) is 0 Å². The Morgan fingerprint density at radius 1 is 1.32 bits per heavy atom. The Morgan fingerprint density at radius 2 is 1.95 bits per heavy atom. The zero-order chi connectivity index (χ0) is 16.3. The van der Waals surface area contributed by atoms with E-state index in [1.54, 1.807) is 0 Å². The van der Waals surface area contributed by atoms with Crippen LogP contribution in [0.25, 0.3) is 0 Å². The summed E-state index contributed by atoms with van der Waals surface area (Å²) in [5.74, 6) is -1.57. The summed E-state index contributed by atoms with van der Waals surface area (Å²) in [6.07, 6.45) is -3.45. The van der Waals surface area contributed by atoms with Gasteiger partial charge in [-0.1, -0.05) is 6.07 Å². The fourth-order valence-corrected chi connectivity index (χ4v) is 2.57. The van der Waals surface area contributed by atoms with Crippen molar-refractivity contribution >= 4 is 5.97 Å². The van der Waals surface area contributed by atoms with Gasteiger partial charge in [0.05, 0.1) is 5.56 Å². The lowest BCUT2D eigenvalue weighted by Gasteiger charge is -2.31. The summed E-state index contributed by atoms with van der Waals surface area (Å²) in [4.78, 5) is 12.9. The van der Waals surface area contributed by atoms with Crippen molar-refractivity contribution in [2.24, 2.45) is 0 Å². The van der Waals surface area contributed by atoms with E-state index in [1.807, 2.05) is 4.90 Å². The molecule has 1 saturated heterocycles. The maximum absolute atomic E-state index is 13.5. The van der Waals surface area contributed by atoms with Gasteiger partial charge >= 0.3 is 12.1 Å². The number of alkyl halides is 3. The third-order valence-electron chi connectivity index (χ3n) is 3.61. The fraction of sp³-hybridized carbons (Fsp3) is 0.533. The van der Waals surface area contributed by atoms with Gasteiger partial charge in [0.2, 0.25) is 0 Å². The molecule has 3 nitrogen and oxygen atoms in total. The molecule has 7 heteroatoms. The number of piperidine rings is 1. The van der Waals surface area contributed by atoms with Gasteiger partial charge in [0.15, 0.2) is 0 Å². The Labute approximate surface area is 125 Å². The van der Waals surface area contributed by atoms with Crippen LogP contribution in [0.5, 0.6) is 0 Å². The maximum atomic E-state index is 13.5. The molecule has 0 saturated carbocycles. The summed E-state index contributed by atoms with van der Waals surface area (Å²) in [5, 5.41) is 0. The molecule has 0 atom stereocenters. The average molecular weight is 319 g/mol. The molecule has 0 radical (unpaired) electrons. The third-order valence-corrected chi connectivity index (χ3v) is 3.61. The number of benzene rings is 1. The molecule has 1 fully saturated rings. The smallest absolute Gasteiger partial charge is 0.419 e. The van der Waals surface area contributed by atoms with E-state index >= 15 is 0 Å². The number of rotatable bonds is 3. The highest BCUT2D eigenvalue weighted by Crippen LogP contribution is 2.31. The van der Waals surface area contributed by atoms with E-state index in [-0.39, 0.29) is 12.1 Å². The molecule has 122 valence electrons. The molecule has 1 aliphatic rings. The second kappa shape index (κ2) is 6.64. The van der Waals surface area contributed by atoms with Crippen LogP contribution in [0, 0.1) is 5.82 Å². The molecular weight excluding hydrogens is 302 g/mol. The lowest BCUT2D eigenvalue weighted by molar-refractivity contribution is -0.148. The highest BCUT2D eigenvalue weighted by atomic mass is 19.4. The van der Waals surface area contributed by atoms with Crippen LogP contribution in [0.2, 0.25) is 0 Å². The van der Waals surface area contributed by atoms with Crippen molar-refractivity contribution in [2.45, 2.75) is 38.6 Å². The number of carbonyl (C=O) groups is 1. The molecule has 1 aromatic carbocycles. The summed E-state index contributed by atoms with van der Waals surface area (Å²) >= 11 is 0. The highest BCUT2D eigenvalue weighted by Gasteiger charge is 2.34. The molecule has 0 aliphatic carbocycles. The Hall–Kier alpha value is -1.63. The van der Waals surface area contributed by atoms with Gasteiger partial charge in [-0.25, -0.2) is 4.39 Å². The van der Waals surface area contributed by atoms with Gasteiger partial charge in [-0.3, -0.25) is 9.69 Å². The van der Waals surface area contributed by atoms with Crippen LogP contribution in [0.4, 0.5) is 17.6 Å². The first-order chi connectivity index (χ1) is 10.3. The molecule has 1 heterocycles. The molecule has 0 aromatic heterocycles. The van der Waals surface area contributed by atoms with Crippen LogP contribution < -0.4 is 0 Å². The summed E-state index contributed by atoms with van der Waals surface area (Å²) in [6, 6.07) is 3.00. The largest absolute Gasteiger partial charge is 0.462 e. The molecule has 0 spiro atoms. The quantitative estimate of drug-likeness (QED) is 0.632. The standard InChI is InChI=1S/C15H17F4NO2/c1-10(21)22-12-4-6-20(7-5-12)9-11-2-3-13(14(16)8-11)15(17,18)19/h2-3,8,12H,4-7,9H2,1H3. The Bertz CT molecular complexity index is 537. The second-order valence-electron chi connectivity index (χ2n) is 5.40. The van der Waals surface area contributed by atoms with E-state index in [1.165, 1.54) is 13.0 Å². The van der Waals surface area contributed by atoms with Crippen LogP contribution in [0.3, 0.4) is 0 Å². The summed E-state index contributed by atoms with van der Waals surface area (Å²) < 4.78 is 56.1. The second-order valence-corrected chi connectivity index (χ2v) is 5.40. The van der Waals surface area contributed by atoms with E-state index in [9.17, 15) is 22.4 Å². The van der Waals surface area contributed by atoms with Gasteiger partial charge in [0, 0.05) is 26.6 Å². The van der Waals surface area contributed by atoms with E-state index in [2.05, 4.69) is 0 Å². The maximum Gasteiger partial charge on any atom is 0.419 e. The van der Waals surface area contributed by atoms with Crippen molar-refractivity contribution in [1.82, 2.24) is 4.90 Å². The first kappa shape index (κ1) is 16.7. The van der Waals surface area contributed by atoms with E-state index in [0.717, 1.165) is 12.1 Å². The Morgan fingerprint density at radius 3 is 2.45 bits per heavy atom. The molecule has 0 N–H and O–H groups in total. The van der Waals surface area contributed by atoms with E-state index in [0.29, 0.717) is 38.0 Å². The molecule has 0 unspecified atom stereocenters. The lowest BCUT2D eigenvalue weighted by atomic mass is 10.1. The first-order valence-corrected chi connectivity index (χ1v) is 7.01. The molecule has 1 aliphatic heterocycles. The van der Waals surface area contributed by atoms with Crippen molar-refractivity contribution < 1.29 is 27.1 Å². The van der Waals surface area contributed by atoms with Gasteiger partial charge in [-0.05, 0) is 30.5 Å². The van der Waals surface area contributed by atoms with Gasteiger partial charge in [0.25, 0.3) is 0 Å². The Kier molecular flexibility index (Phi) is 5.05. The predicted molar refractivity (Wildman–Crippen MR) is 71.5 cm³/mol. The lowest BCUT2D eigenvalue weighted by Crippen LogP contribution is -2.37. The van der Waals surface area contributed by atoms with Crippen molar-refractivity contribution in [1.29, 1.82) is 0 Å². The normalized spacial score (nSPS) is 17.5. The van der Waals surface area contributed by atoms with Crippen LogP contribution in [0.1, 0.15) is 30.9 Å². The summed E-state index contributed by atoms with van der Waals surface area (Å²) in [6.45, 7) is 3.04. The van der Waals surface area contributed by atoms with Crippen LogP contribution in [0.15, 0.2) is 18.2 Å². The zero-order valence-electron chi connectivity index (χ0n) is 12.1. The third kappa shape index (κ3) is 4.43. The number of halogens is 4. The number of likely N-dealkylation sites (tertiary alicyclic amines) is 1. The van der Waals surface area contributed by atoms with E-state index < -0.39 is 17.6 Å². The SMILES string of the molecule is CC(=O)OC1CCN(Cc2ccc(C(F)(F)F)c(F)c2)CC1. The van der Waals surface area contributed by atoms with Gasteiger partial charge in [0.1, 0.15) is 11.9 Å². The number of esters is 1. The minimum atomic E-state index is -4.68. The predicted octanol–water partition coefficient (Wildman–Crippen LogP) is 3.37. The minimum absolute atomic E-state index is 0.113. The number of carbonyl (C=O) groups excluding carboxylic acids is 1. The van der Waals surface area contributed by atoms with Crippen molar-refractivity contribution in [3.05, 3.63) is 35.1 Å². The Balaban J connectivity index is 1.93. The first-order valence-electron chi connectivity index (χ1n) is 7.01.